The van der Waals surface area contributed by atoms with Gasteiger partial charge in [0.1, 0.15) is 6.04 Å². The Kier molecular flexibility index (Phi) is 3.25. The molecule has 0 bridgehead atoms. The van der Waals surface area contributed by atoms with Gasteiger partial charge in [0.05, 0.1) is 5.52 Å². The molecule has 0 radical (unpaired) electrons. The summed E-state index contributed by atoms with van der Waals surface area (Å²) >= 11 is 0. The average Bonchev–Trinajstić information content (AvgIpc) is 2.66. The molecule has 100 valence electrons. The van der Waals surface area contributed by atoms with Crippen LogP contribution in [-0.4, -0.2) is 16.3 Å². The van der Waals surface area contributed by atoms with Crippen molar-refractivity contribution >= 4 is 22.8 Å². The molecular weight excluding hydrogens is 248 g/mol. The number of nitrogens with zero attached hydrogens (tertiary/aromatic N) is 1. The van der Waals surface area contributed by atoms with Crippen LogP contribution in [0.5, 0.6) is 0 Å². The number of oxazole rings is 1. The molecule has 0 aliphatic carbocycles. The van der Waals surface area contributed by atoms with Crippen molar-refractivity contribution in [2.75, 3.05) is 0 Å². The van der Waals surface area contributed by atoms with Crippen LogP contribution in [0.2, 0.25) is 0 Å². The lowest BCUT2D eigenvalue weighted by atomic mass is 10.1. The Hall–Kier alpha value is -2.37. The fourth-order valence-corrected chi connectivity index (χ4v) is 2.06. The fraction of sp³-hybridized carbons (Fsp3) is 0.308. The van der Waals surface area contributed by atoms with Gasteiger partial charge in [0.15, 0.2) is 11.4 Å². The van der Waals surface area contributed by atoms with Crippen LogP contribution in [0.4, 0.5) is 0 Å². The van der Waals surface area contributed by atoms with Crippen LogP contribution in [-0.2, 0) is 4.79 Å². The number of Topliss-reactive ketones (excluding diaryl/α,β-unsaturated/α-hetero) is 1. The monoisotopic (exact) mass is 262 g/mol. The molecule has 0 spiro atoms. The molecule has 2 N–H and O–H groups in total. The van der Waals surface area contributed by atoms with Crippen molar-refractivity contribution in [1.29, 1.82) is 0 Å². The Balaban J connectivity index is 2.69. The van der Waals surface area contributed by atoms with Gasteiger partial charge in [-0.1, -0.05) is 6.92 Å². The standard InChI is InChI=1S/C13H14N2O4/c1-3-9(12(14)17)15-10-5-4-8(7(2)16)6-11(10)19-13(15)18/h4-6,9H,3H2,1-2H3,(H2,14,17). The minimum atomic E-state index is -0.753. The molecule has 0 aliphatic rings. The average molecular weight is 262 g/mol. The molecule has 1 atom stereocenters. The maximum Gasteiger partial charge on any atom is 0.420 e. The lowest BCUT2D eigenvalue weighted by Gasteiger charge is -2.11. The lowest BCUT2D eigenvalue weighted by molar-refractivity contribution is -0.121. The highest BCUT2D eigenvalue weighted by Crippen LogP contribution is 2.20. The summed E-state index contributed by atoms with van der Waals surface area (Å²) in [6.45, 7) is 3.18. The molecular formula is C13H14N2O4. The third-order valence-corrected chi connectivity index (χ3v) is 3.05. The number of aromatic nitrogens is 1. The molecule has 0 saturated heterocycles. The van der Waals surface area contributed by atoms with E-state index < -0.39 is 17.7 Å². The van der Waals surface area contributed by atoms with Crippen molar-refractivity contribution in [3.8, 4) is 0 Å². The topological polar surface area (TPSA) is 95.3 Å². The Bertz CT molecular complexity index is 711. The van der Waals surface area contributed by atoms with E-state index >= 15 is 0 Å². The Morgan fingerprint density at radius 1 is 1.42 bits per heavy atom. The van der Waals surface area contributed by atoms with E-state index in [-0.39, 0.29) is 11.4 Å². The first-order valence-electron chi connectivity index (χ1n) is 5.91. The molecule has 2 aromatic rings. The van der Waals surface area contributed by atoms with Gasteiger partial charge in [-0.3, -0.25) is 14.2 Å². The zero-order chi connectivity index (χ0) is 14.2. The van der Waals surface area contributed by atoms with Gasteiger partial charge in [0.25, 0.3) is 0 Å². The van der Waals surface area contributed by atoms with E-state index in [9.17, 15) is 14.4 Å². The van der Waals surface area contributed by atoms with Gasteiger partial charge in [-0.25, -0.2) is 4.79 Å². The van der Waals surface area contributed by atoms with Crippen LogP contribution in [0.25, 0.3) is 11.1 Å². The number of primary amides is 1. The summed E-state index contributed by atoms with van der Waals surface area (Å²) in [4.78, 5) is 34.5. The van der Waals surface area contributed by atoms with Gasteiger partial charge in [-0.2, -0.15) is 0 Å². The van der Waals surface area contributed by atoms with Crippen molar-refractivity contribution in [2.24, 2.45) is 5.73 Å². The third-order valence-electron chi connectivity index (χ3n) is 3.05. The van der Waals surface area contributed by atoms with Crippen molar-refractivity contribution < 1.29 is 14.0 Å². The summed E-state index contributed by atoms with van der Waals surface area (Å²) in [5.41, 5.74) is 6.46. The van der Waals surface area contributed by atoms with Gasteiger partial charge in [0.2, 0.25) is 5.91 Å². The van der Waals surface area contributed by atoms with Crippen LogP contribution in [0.3, 0.4) is 0 Å². The maximum atomic E-state index is 11.8. The fourth-order valence-electron chi connectivity index (χ4n) is 2.06. The van der Waals surface area contributed by atoms with Crippen LogP contribution in [0, 0.1) is 0 Å². The van der Waals surface area contributed by atoms with Crippen LogP contribution in [0.1, 0.15) is 36.7 Å². The Morgan fingerprint density at radius 2 is 2.11 bits per heavy atom. The van der Waals surface area contributed by atoms with E-state index in [0.29, 0.717) is 17.5 Å². The van der Waals surface area contributed by atoms with Gasteiger partial charge in [-0.05, 0) is 31.5 Å². The predicted molar refractivity (Wildman–Crippen MR) is 69.0 cm³/mol. The van der Waals surface area contributed by atoms with E-state index in [2.05, 4.69) is 0 Å². The summed E-state index contributed by atoms with van der Waals surface area (Å²) in [7, 11) is 0. The van der Waals surface area contributed by atoms with E-state index in [1.807, 2.05) is 0 Å². The van der Waals surface area contributed by atoms with Crippen molar-refractivity contribution in [3.63, 3.8) is 0 Å². The number of carbonyl (C=O) groups is 2. The summed E-state index contributed by atoms with van der Waals surface area (Å²) in [6, 6.07) is 3.91. The number of rotatable bonds is 4. The molecule has 1 unspecified atom stereocenters. The van der Waals surface area contributed by atoms with E-state index in [0.717, 1.165) is 0 Å². The van der Waals surface area contributed by atoms with Crippen molar-refractivity contribution in [3.05, 3.63) is 34.3 Å². The van der Waals surface area contributed by atoms with E-state index in [1.165, 1.54) is 17.6 Å². The second kappa shape index (κ2) is 4.72. The number of fused-ring (bicyclic) bond motifs is 1. The van der Waals surface area contributed by atoms with Crippen LogP contribution in [0.15, 0.2) is 27.4 Å². The molecule has 1 aromatic heterocycles. The number of hydrogen-bond acceptors (Lipinski definition) is 4. The largest absolute Gasteiger partial charge is 0.420 e. The van der Waals surface area contributed by atoms with Gasteiger partial charge >= 0.3 is 5.76 Å². The summed E-state index contributed by atoms with van der Waals surface area (Å²) in [5, 5.41) is 0. The highest BCUT2D eigenvalue weighted by atomic mass is 16.4. The number of hydrogen-bond donors (Lipinski definition) is 1. The Morgan fingerprint density at radius 3 is 2.63 bits per heavy atom. The number of amides is 1. The molecule has 0 aliphatic heterocycles. The second-order valence-electron chi connectivity index (χ2n) is 4.30. The normalized spacial score (nSPS) is 12.5. The smallest absolute Gasteiger partial charge is 0.408 e. The van der Waals surface area contributed by atoms with Gasteiger partial charge < -0.3 is 10.2 Å². The van der Waals surface area contributed by atoms with Gasteiger partial charge in [0, 0.05) is 5.56 Å². The number of benzene rings is 1. The number of nitrogens with two attached hydrogens (primary N) is 1. The molecule has 19 heavy (non-hydrogen) atoms. The maximum absolute atomic E-state index is 11.8. The van der Waals surface area contributed by atoms with Crippen molar-refractivity contribution in [2.45, 2.75) is 26.3 Å². The SMILES string of the molecule is CCC(C(N)=O)n1c(=O)oc2cc(C(C)=O)ccc21. The second-order valence-corrected chi connectivity index (χ2v) is 4.30. The summed E-state index contributed by atoms with van der Waals surface area (Å²) in [6.07, 6.45) is 0.387. The lowest BCUT2D eigenvalue weighted by Crippen LogP contribution is -2.31. The molecule has 1 aromatic carbocycles. The van der Waals surface area contributed by atoms with Gasteiger partial charge in [-0.15, -0.1) is 0 Å². The van der Waals surface area contributed by atoms with Crippen LogP contribution < -0.4 is 11.5 Å². The highest BCUT2D eigenvalue weighted by Gasteiger charge is 2.22. The molecule has 0 saturated carbocycles. The van der Waals surface area contributed by atoms with E-state index in [1.54, 1.807) is 19.1 Å². The molecule has 1 heterocycles. The minimum absolute atomic E-state index is 0.126. The zero-order valence-electron chi connectivity index (χ0n) is 10.7. The molecule has 6 heteroatoms. The third kappa shape index (κ3) is 2.16. The molecule has 6 nitrogen and oxygen atoms in total. The molecule has 1 amide bonds. The highest BCUT2D eigenvalue weighted by molar-refractivity contribution is 5.97. The Labute approximate surface area is 108 Å². The minimum Gasteiger partial charge on any atom is -0.408 e. The molecule has 2 rings (SSSR count). The van der Waals surface area contributed by atoms with Crippen LogP contribution >= 0.6 is 0 Å². The quantitative estimate of drug-likeness (QED) is 0.838. The van der Waals surface area contributed by atoms with E-state index in [4.69, 9.17) is 10.2 Å². The van der Waals surface area contributed by atoms with Crippen molar-refractivity contribution in [1.82, 2.24) is 4.57 Å². The first-order chi connectivity index (χ1) is 8.95. The first kappa shape index (κ1) is 13.1. The summed E-state index contributed by atoms with van der Waals surface area (Å²) in [5.74, 6) is -1.37. The summed E-state index contributed by atoms with van der Waals surface area (Å²) < 4.78 is 6.29. The molecule has 0 fully saturated rings. The zero-order valence-corrected chi connectivity index (χ0v) is 10.7. The number of carbonyl (C=O) groups excluding carboxylic acids is 2. The first-order valence-corrected chi connectivity index (χ1v) is 5.91. The number of ketones is 1. The predicted octanol–water partition coefficient (Wildman–Crippen LogP) is 1.23.